The third-order valence-corrected chi connectivity index (χ3v) is 3.80. The summed E-state index contributed by atoms with van der Waals surface area (Å²) in [7, 11) is 1.63. The minimum atomic E-state index is -0.00993. The van der Waals surface area contributed by atoms with Crippen LogP contribution in [0.15, 0.2) is 24.3 Å². The SMILES string of the molecule is CCCN(C(C)=O)c1nnc(-c2ccc(OC)cc2)s1. The minimum absolute atomic E-state index is 0.00993. The smallest absolute Gasteiger partial charge is 0.225 e. The van der Waals surface area contributed by atoms with Crippen LogP contribution >= 0.6 is 11.3 Å². The molecule has 0 bridgehead atoms. The Morgan fingerprint density at radius 1 is 1.30 bits per heavy atom. The van der Waals surface area contributed by atoms with Gasteiger partial charge in [0.1, 0.15) is 10.8 Å². The lowest BCUT2D eigenvalue weighted by molar-refractivity contribution is -0.116. The van der Waals surface area contributed by atoms with Crippen molar-refractivity contribution < 1.29 is 9.53 Å². The zero-order valence-electron chi connectivity index (χ0n) is 11.8. The molecule has 0 saturated heterocycles. The predicted molar refractivity (Wildman–Crippen MR) is 80.2 cm³/mol. The monoisotopic (exact) mass is 291 g/mol. The van der Waals surface area contributed by atoms with Crippen LogP contribution in [0.4, 0.5) is 5.13 Å². The lowest BCUT2D eigenvalue weighted by Gasteiger charge is -2.15. The Bertz CT molecular complexity index is 580. The van der Waals surface area contributed by atoms with Gasteiger partial charge in [-0.1, -0.05) is 18.3 Å². The highest BCUT2D eigenvalue weighted by Crippen LogP contribution is 2.29. The van der Waals surface area contributed by atoms with E-state index in [0.29, 0.717) is 11.7 Å². The maximum absolute atomic E-state index is 11.6. The highest BCUT2D eigenvalue weighted by Gasteiger charge is 2.16. The summed E-state index contributed by atoms with van der Waals surface area (Å²) >= 11 is 1.42. The van der Waals surface area contributed by atoms with E-state index in [4.69, 9.17) is 4.74 Å². The van der Waals surface area contributed by atoms with E-state index in [1.54, 1.807) is 18.9 Å². The van der Waals surface area contributed by atoms with E-state index in [1.165, 1.54) is 11.3 Å². The van der Waals surface area contributed by atoms with Crippen molar-refractivity contribution in [3.8, 4) is 16.3 Å². The van der Waals surface area contributed by atoms with E-state index >= 15 is 0 Å². The highest BCUT2D eigenvalue weighted by molar-refractivity contribution is 7.18. The molecule has 0 spiro atoms. The molecule has 0 aliphatic heterocycles. The van der Waals surface area contributed by atoms with Crippen LogP contribution in [-0.2, 0) is 4.79 Å². The summed E-state index contributed by atoms with van der Waals surface area (Å²) in [4.78, 5) is 13.3. The second-order valence-electron chi connectivity index (χ2n) is 4.29. The van der Waals surface area contributed by atoms with Crippen molar-refractivity contribution in [1.29, 1.82) is 0 Å². The predicted octanol–water partition coefficient (Wildman–Crippen LogP) is 2.98. The van der Waals surface area contributed by atoms with Gasteiger partial charge in [0.15, 0.2) is 0 Å². The minimum Gasteiger partial charge on any atom is -0.497 e. The Morgan fingerprint density at radius 2 is 2.00 bits per heavy atom. The Kier molecular flexibility index (Phi) is 4.68. The molecule has 106 valence electrons. The molecule has 0 fully saturated rings. The van der Waals surface area contributed by atoms with Gasteiger partial charge in [-0.15, -0.1) is 10.2 Å². The highest BCUT2D eigenvalue weighted by atomic mass is 32.1. The number of carbonyl (C=O) groups is 1. The Balaban J connectivity index is 2.24. The molecular weight excluding hydrogens is 274 g/mol. The summed E-state index contributed by atoms with van der Waals surface area (Å²) in [6.07, 6.45) is 0.886. The number of hydrogen-bond donors (Lipinski definition) is 0. The number of methoxy groups -OCH3 is 1. The topological polar surface area (TPSA) is 55.3 Å². The molecular formula is C14H17N3O2S. The van der Waals surface area contributed by atoms with Gasteiger partial charge < -0.3 is 4.74 Å². The normalized spacial score (nSPS) is 10.3. The van der Waals surface area contributed by atoms with Crippen molar-refractivity contribution >= 4 is 22.4 Å². The fraction of sp³-hybridized carbons (Fsp3) is 0.357. The van der Waals surface area contributed by atoms with Crippen LogP contribution < -0.4 is 9.64 Å². The van der Waals surface area contributed by atoms with E-state index in [2.05, 4.69) is 10.2 Å². The summed E-state index contributed by atoms with van der Waals surface area (Å²) in [5.74, 6) is 0.791. The molecule has 0 aliphatic rings. The summed E-state index contributed by atoms with van der Waals surface area (Å²) in [6.45, 7) is 4.23. The molecule has 1 amide bonds. The van der Waals surface area contributed by atoms with Gasteiger partial charge in [0, 0.05) is 19.0 Å². The van der Waals surface area contributed by atoms with Crippen LogP contribution in [-0.4, -0.2) is 29.8 Å². The van der Waals surface area contributed by atoms with Crippen molar-refractivity contribution in [2.24, 2.45) is 0 Å². The fourth-order valence-corrected chi connectivity index (χ4v) is 2.71. The lowest BCUT2D eigenvalue weighted by atomic mass is 10.2. The summed E-state index contributed by atoms with van der Waals surface area (Å²) in [5.41, 5.74) is 0.967. The van der Waals surface area contributed by atoms with Crippen molar-refractivity contribution in [3.63, 3.8) is 0 Å². The van der Waals surface area contributed by atoms with Crippen LogP contribution in [0.5, 0.6) is 5.75 Å². The van der Waals surface area contributed by atoms with E-state index in [-0.39, 0.29) is 5.91 Å². The number of amides is 1. The van der Waals surface area contributed by atoms with Crippen LogP contribution in [0.3, 0.4) is 0 Å². The standard InChI is InChI=1S/C14H17N3O2S/c1-4-9-17(10(2)18)14-16-15-13(20-14)11-5-7-12(19-3)8-6-11/h5-8H,4,9H2,1-3H3. The van der Waals surface area contributed by atoms with E-state index < -0.39 is 0 Å². The number of nitrogens with zero attached hydrogens (tertiary/aromatic N) is 3. The number of carbonyl (C=O) groups excluding carboxylic acids is 1. The van der Waals surface area contributed by atoms with Gasteiger partial charge in [-0.25, -0.2) is 0 Å². The quantitative estimate of drug-likeness (QED) is 0.850. The second kappa shape index (κ2) is 6.47. The van der Waals surface area contributed by atoms with Gasteiger partial charge in [0.25, 0.3) is 0 Å². The molecule has 0 radical (unpaired) electrons. The van der Waals surface area contributed by atoms with Gasteiger partial charge in [-0.3, -0.25) is 9.69 Å². The first-order chi connectivity index (χ1) is 9.65. The molecule has 2 rings (SSSR count). The van der Waals surface area contributed by atoms with Crippen molar-refractivity contribution in [2.45, 2.75) is 20.3 Å². The maximum atomic E-state index is 11.6. The molecule has 0 atom stereocenters. The first-order valence-corrected chi connectivity index (χ1v) is 7.23. The Morgan fingerprint density at radius 3 is 2.55 bits per heavy atom. The maximum Gasteiger partial charge on any atom is 0.225 e. The van der Waals surface area contributed by atoms with Gasteiger partial charge in [-0.2, -0.15) is 0 Å². The number of rotatable bonds is 5. The Hall–Kier alpha value is -1.95. The van der Waals surface area contributed by atoms with Crippen LogP contribution in [0.1, 0.15) is 20.3 Å². The van der Waals surface area contributed by atoms with Crippen molar-refractivity contribution in [2.75, 3.05) is 18.6 Å². The molecule has 0 saturated carbocycles. The number of anilines is 1. The van der Waals surface area contributed by atoms with Gasteiger partial charge in [0.05, 0.1) is 7.11 Å². The number of ether oxygens (including phenoxy) is 1. The Labute approximate surface area is 122 Å². The first-order valence-electron chi connectivity index (χ1n) is 6.41. The fourth-order valence-electron chi connectivity index (χ4n) is 1.79. The molecule has 1 aromatic carbocycles. The molecule has 5 nitrogen and oxygen atoms in total. The van der Waals surface area contributed by atoms with Crippen LogP contribution in [0, 0.1) is 0 Å². The van der Waals surface area contributed by atoms with Crippen LogP contribution in [0.2, 0.25) is 0 Å². The van der Waals surface area contributed by atoms with E-state index in [1.807, 2.05) is 31.2 Å². The van der Waals surface area contributed by atoms with E-state index in [9.17, 15) is 4.79 Å². The van der Waals surface area contributed by atoms with Crippen molar-refractivity contribution in [1.82, 2.24) is 10.2 Å². The summed E-state index contributed by atoms with van der Waals surface area (Å²) < 4.78 is 5.13. The molecule has 0 unspecified atom stereocenters. The number of hydrogen-bond acceptors (Lipinski definition) is 5. The average Bonchev–Trinajstić information content (AvgIpc) is 2.94. The largest absolute Gasteiger partial charge is 0.497 e. The zero-order valence-corrected chi connectivity index (χ0v) is 12.6. The third-order valence-electron chi connectivity index (χ3n) is 2.81. The van der Waals surface area contributed by atoms with Crippen LogP contribution in [0.25, 0.3) is 10.6 Å². The van der Waals surface area contributed by atoms with Gasteiger partial charge in [0.2, 0.25) is 11.0 Å². The molecule has 20 heavy (non-hydrogen) atoms. The molecule has 0 N–H and O–H groups in total. The van der Waals surface area contributed by atoms with Crippen molar-refractivity contribution in [3.05, 3.63) is 24.3 Å². The van der Waals surface area contributed by atoms with Gasteiger partial charge >= 0.3 is 0 Å². The molecule has 1 heterocycles. The second-order valence-corrected chi connectivity index (χ2v) is 5.24. The lowest BCUT2D eigenvalue weighted by Crippen LogP contribution is -2.28. The molecule has 0 aliphatic carbocycles. The average molecular weight is 291 g/mol. The molecule has 6 heteroatoms. The third kappa shape index (κ3) is 3.14. The number of aromatic nitrogens is 2. The van der Waals surface area contributed by atoms with E-state index in [0.717, 1.165) is 22.7 Å². The zero-order chi connectivity index (χ0) is 14.5. The molecule has 1 aromatic heterocycles. The first kappa shape index (κ1) is 14.5. The summed E-state index contributed by atoms with van der Waals surface area (Å²) in [6, 6.07) is 7.62. The van der Waals surface area contributed by atoms with Gasteiger partial charge in [-0.05, 0) is 30.7 Å². The summed E-state index contributed by atoms with van der Waals surface area (Å²) in [5, 5.41) is 9.72. The molecule has 2 aromatic rings. The number of benzene rings is 1.